The van der Waals surface area contributed by atoms with Crippen molar-refractivity contribution in [3.63, 3.8) is 0 Å². The molecule has 0 aliphatic heterocycles. The third-order valence-corrected chi connectivity index (χ3v) is 9.26. The summed E-state index contributed by atoms with van der Waals surface area (Å²) < 4.78 is 0. The molecule has 0 aromatic heterocycles. The second-order valence-electron chi connectivity index (χ2n) is 11.0. The molecule has 0 aromatic rings. The van der Waals surface area contributed by atoms with Crippen molar-refractivity contribution in [1.82, 2.24) is 5.32 Å². The molecule has 7 nitrogen and oxygen atoms in total. The van der Waals surface area contributed by atoms with Crippen molar-refractivity contribution in [1.29, 1.82) is 0 Å². The third-order valence-electron chi connectivity index (χ3n) is 9.26. The maximum Gasteiger partial charge on any atom is 0.326 e. The number of hydrogen-bond acceptors (Lipinski definition) is 5. The molecule has 0 saturated heterocycles. The molecule has 32 heavy (non-hydrogen) atoms. The van der Waals surface area contributed by atoms with Gasteiger partial charge in [0.25, 0.3) is 0 Å². The molecule has 0 heterocycles. The average molecular weight is 448 g/mol. The Labute approximate surface area is 190 Å². The zero-order valence-electron chi connectivity index (χ0n) is 20.0. The van der Waals surface area contributed by atoms with Crippen molar-refractivity contribution in [3.05, 3.63) is 0 Å². The van der Waals surface area contributed by atoms with E-state index in [9.17, 15) is 29.1 Å². The van der Waals surface area contributed by atoms with Gasteiger partial charge in [0.1, 0.15) is 23.4 Å². The highest BCUT2D eigenvalue weighted by Crippen LogP contribution is 2.68. The number of carboxylic acid groups (broad SMARTS) is 1. The van der Waals surface area contributed by atoms with Crippen molar-refractivity contribution in [2.45, 2.75) is 92.0 Å². The molecule has 178 valence electrons. The highest BCUT2D eigenvalue weighted by molar-refractivity contribution is 6.00. The van der Waals surface area contributed by atoms with Gasteiger partial charge in [-0.25, -0.2) is 4.79 Å². The molecule has 3 saturated carbocycles. The summed E-state index contributed by atoms with van der Waals surface area (Å²) in [6.07, 6.45) is 3.37. The molecule has 3 rings (SSSR count). The van der Waals surface area contributed by atoms with E-state index in [1.54, 1.807) is 20.8 Å². The molecule has 3 aliphatic carbocycles. The summed E-state index contributed by atoms with van der Waals surface area (Å²) in [5.74, 6) is -2.18. The van der Waals surface area contributed by atoms with E-state index in [-0.39, 0.29) is 53.9 Å². The highest BCUT2D eigenvalue weighted by Gasteiger charge is 2.69. The zero-order valence-corrected chi connectivity index (χ0v) is 20.0. The Balaban J connectivity index is 1.86. The Morgan fingerprint density at radius 1 is 1.12 bits per heavy atom. The van der Waals surface area contributed by atoms with Crippen LogP contribution in [0.2, 0.25) is 0 Å². The van der Waals surface area contributed by atoms with E-state index in [0.717, 1.165) is 12.8 Å². The van der Waals surface area contributed by atoms with Gasteiger partial charge in [0.2, 0.25) is 5.91 Å². The topological polar surface area (TPSA) is 118 Å². The van der Waals surface area contributed by atoms with Crippen LogP contribution in [0.5, 0.6) is 0 Å². The molecule has 1 amide bonds. The van der Waals surface area contributed by atoms with E-state index in [0.29, 0.717) is 19.3 Å². The summed E-state index contributed by atoms with van der Waals surface area (Å²) in [6, 6.07) is -0.991. The number of Topliss-reactive ketones (excluding diaryl/α,β-unsaturated/α-hetero) is 3. The summed E-state index contributed by atoms with van der Waals surface area (Å²) in [7, 11) is 0. The number of carboxylic acids is 1. The first-order valence-electron chi connectivity index (χ1n) is 12.0. The van der Waals surface area contributed by atoms with E-state index in [4.69, 9.17) is 0 Å². The molecule has 3 fully saturated rings. The van der Waals surface area contributed by atoms with Crippen molar-refractivity contribution in [2.24, 2.45) is 34.0 Å². The number of hydrogen-bond donors (Lipinski definition) is 2. The lowest BCUT2D eigenvalue weighted by Crippen LogP contribution is -2.61. The first-order chi connectivity index (χ1) is 14.8. The number of aliphatic carboxylic acids is 1. The van der Waals surface area contributed by atoms with E-state index < -0.39 is 34.7 Å². The van der Waals surface area contributed by atoms with Crippen LogP contribution in [0.25, 0.3) is 0 Å². The van der Waals surface area contributed by atoms with Crippen molar-refractivity contribution >= 4 is 29.2 Å². The second kappa shape index (κ2) is 8.38. The van der Waals surface area contributed by atoms with Gasteiger partial charge in [0, 0.05) is 42.4 Å². The van der Waals surface area contributed by atoms with Crippen LogP contribution in [0.1, 0.15) is 86.0 Å². The normalized spacial score (nSPS) is 37.8. The molecule has 0 unspecified atom stereocenters. The second-order valence-corrected chi connectivity index (χ2v) is 11.0. The van der Waals surface area contributed by atoms with E-state index >= 15 is 0 Å². The molecule has 6 atom stereocenters. The van der Waals surface area contributed by atoms with E-state index in [1.165, 1.54) is 0 Å². The molecule has 0 spiro atoms. The number of fused-ring (bicyclic) bond motifs is 3. The first-order valence-corrected chi connectivity index (χ1v) is 12.0. The zero-order chi connectivity index (χ0) is 24.1. The Hall–Kier alpha value is -2.05. The Kier molecular flexibility index (Phi) is 6.44. The predicted molar refractivity (Wildman–Crippen MR) is 118 cm³/mol. The summed E-state index contributed by atoms with van der Waals surface area (Å²) in [6.45, 7) is 9.28. The average Bonchev–Trinajstić information content (AvgIpc) is 2.97. The van der Waals surface area contributed by atoms with Crippen molar-refractivity contribution in [3.8, 4) is 0 Å². The number of nitrogens with one attached hydrogen (secondary N) is 1. The highest BCUT2D eigenvalue weighted by atomic mass is 16.4. The molecule has 3 aliphatic rings. The van der Waals surface area contributed by atoms with Gasteiger partial charge in [-0.1, -0.05) is 34.6 Å². The number of carbonyl (C=O) groups excluding carboxylic acids is 4. The fourth-order valence-corrected chi connectivity index (χ4v) is 7.28. The fraction of sp³-hybridized carbons (Fsp3) is 0.800. The summed E-state index contributed by atoms with van der Waals surface area (Å²) in [5, 5.41) is 11.9. The van der Waals surface area contributed by atoms with Crippen LogP contribution < -0.4 is 5.32 Å². The number of carbonyl (C=O) groups is 5. The van der Waals surface area contributed by atoms with Gasteiger partial charge in [0.05, 0.1) is 0 Å². The molecule has 0 aromatic carbocycles. The quantitative estimate of drug-likeness (QED) is 0.618. The molecule has 2 N–H and O–H groups in total. The molecular formula is C25H37NO6. The predicted octanol–water partition coefficient (Wildman–Crippen LogP) is 3.33. The van der Waals surface area contributed by atoms with Gasteiger partial charge >= 0.3 is 5.97 Å². The van der Waals surface area contributed by atoms with Crippen LogP contribution in [0.15, 0.2) is 0 Å². The van der Waals surface area contributed by atoms with Crippen LogP contribution in [0.4, 0.5) is 0 Å². The van der Waals surface area contributed by atoms with Gasteiger partial charge in [-0.2, -0.15) is 0 Å². The van der Waals surface area contributed by atoms with Gasteiger partial charge in [-0.15, -0.1) is 0 Å². The number of rotatable bonds is 7. The van der Waals surface area contributed by atoms with Crippen molar-refractivity contribution < 1.29 is 29.1 Å². The van der Waals surface area contributed by atoms with Gasteiger partial charge in [-0.05, 0) is 42.9 Å². The lowest BCUT2D eigenvalue weighted by atomic mass is 9.42. The van der Waals surface area contributed by atoms with E-state index in [1.807, 2.05) is 6.92 Å². The lowest BCUT2D eigenvalue weighted by molar-refractivity contribution is -0.172. The molecule has 0 radical (unpaired) electrons. The van der Waals surface area contributed by atoms with Gasteiger partial charge in [-0.3, -0.25) is 19.2 Å². The summed E-state index contributed by atoms with van der Waals surface area (Å²) in [4.78, 5) is 63.5. The van der Waals surface area contributed by atoms with Crippen LogP contribution in [0, 0.1) is 34.0 Å². The van der Waals surface area contributed by atoms with Crippen molar-refractivity contribution in [2.75, 3.05) is 0 Å². The fourth-order valence-electron chi connectivity index (χ4n) is 7.28. The maximum atomic E-state index is 13.5. The van der Waals surface area contributed by atoms with Crippen LogP contribution >= 0.6 is 0 Å². The number of amides is 1. The monoisotopic (exact) mass is 447 g/mol. The van der Waals surface area contributed by atoms with Gasteiger partial charge in [0.15, 0.2) is 0 Å². The van der Waals surface area contributed by atoms with Crippen LogP contribution in [-0.4, -0.2) is 40.4 Å². The minimum absolute atomic E-state index is 0.00211. The van der Waals surface area contributed by atoms with E-state index in [2.05, 4.69) is 12.2 Å². The summed E-state index contributed by atoms with van der Waals surface area (Å²) >= 11 is 0. The standard InChI is InChI=1S/C25H37NO6/c1-6-25-12-9-18(29)24(25,5)13-16(27)20-15(25)7-8-17(28)23(20,4)11-10-19(30)26-21(14(2)3)22(31)32/h14-15,20-21H,6-13H2,1-5H3,(H,26,30)(H,31,32)/t15-,20-,21+,23+,24-,25+/m1/s1. The van der Waals surface area contributed by atoms with Crippen LogP contribution in [-0.2, 0) is 24.0 Å². The third kappa shape index (κ3) is 3.52. The minimum atomic E-state index is -1.09. The number of ketones is 3. The molecule has 0 bridgehead atoms. The van der Waals surface area contributed by atoms with Gasteiger partial charge < -0.3 is 10.4 Å². The minimum Gasteiger partial charge on any atom is -0.480 e. The first kappa shape index (κ1) is 24.6. The Bertz CT molecular complexity index is 849. The molecule has 7 heteroatoms. The van der Waals surface area contributed by atoms with Crippen LogP contribution in [0.3, 0.4) is 0 Å². The Morgan fingerprint density at radius 3 is 2.34 bits per heavy atom. The Morgan fingerprint density at radius 2 is 1.78 bits per heavy atom. The SMILES string of the molecule is CC[C@@]12CCC(=O)[C@@]1(C)CC(=O)[C@H]1[C@H]2CCC(=O)[C@]1(C)CCC(=O)N[C@H](C(=O)O)C(C)C. The lowest BCUT2D eigenvalue weighted by Gasteiger charge is -2.59. The smallest absolute Gasteiger partial charge is 0.326 e. The molecular weight excluding hydrogens is 410 g/mol. The largest absolute Gasteiger partial charge is 0.480 e. The maximum absolute atomic E-state index is 13.5. The summed E-state index contributed by atoms with van der Waals surface area (Å²) in [5.41, 5.74) is -1.91.